The number of anilines is 1. The van der Waals surface area contributed by atoms with Crippen LogP contribution in [0.3, 0.4) is 0 Å². The number of rotatable bonds is 3. The Kier molecular flexibility index (Phi) is 3.51. The standard InChI is InChI=1S/C14H12N4O2S/c15-12-3-1-2-10(16-12)13(21-20)14-17-9-5-4-8(7-19)6-11(9)18-14/h1-6,19H,7H2,(H2,15,16)(H,17,18). The smallest absolute Gasteiger partial charge is 0.154 e. The van der Waals surface area contributed by atoms with Gasteiger partial charge in [0.15, 0.2) is 5.82 Å². The van der Waals surface area contributed by atoms with Crippen LogP contribution < -0.4 is 5.73 Å². The van der Waals surface area contributed by atoms with E-state index in [0.717, 1.165) is 11.1 Å². The van der Waals surface area contributed by atoms with Gasteiger partial charge in [-0.05, 0) is 29.8 Å². The molecule has 6 nitrogen and oxygen atoms in total. The zero-order valence-corrected chi connectivity index (χ0v) is 11.7. The number of nitrogen functional groups attached to an aromatic ring is 1. The Bertz CT molecular complexity index is 868. The molecule has 0 fully saturated rings. The van der Waals surface area contributed by atoms with Crippen LogP contribution in [0.1, 0.15) is 17.1 Å². The second kappa shape index (κ2) is 5.47. The molecule has 1 aromatic carbocycles. The van der Waals surface area contributed by atoms with Crippen molar-refractivity contribution in [3.63, 3.8) is 0 Å². The van der Waals surface area contributed by atoms with Crippen LogP contribution in [0, 0.1) is 0 Å². The number of H-pyrrole nitrogens is 1. The van der Waals surface area contributed by atoms with Crippen molar-refractivity contribution in [1.82, 2.24) is 15.0 Å². The highest BCUT2D eigenvalue weighted by Gasteiger charge is 2.13. The summed E-state index contributed by atoms with van der Waals surface area (Å²) in [6.07, 6.45) is 0. The zero-order chi connectivity index (χ0) is 14.8. The van der Waals surface area contributed by atoms with Gasteiger partial charge in [-0.1, -0.05) is 12.1 Å². The number of nitrogens with zero attached hydrogens (tertiary/aromatic N) is 2. The van der Waals surface area contributed by atoms with Gasteiger partial charge < -0.3 is 15.8 Å². The minimum absolute atomic E-state index is 0.0538. The van der Waals surface area contributed by atoms with Crippen LogP contribution in [0.15, 0.2) is 36.4 Å². The Labute approximate surface area is 123 Å². The van der Waals surface area contributed by atoms with Gasteiger partial charge in [-0.3, -0.25) is 0 Å². The molecule has 4 N–H and O–H groups in total. The van der Waals surface area contributed by atoms with Crippen LogP contribution in [-0.2, 0) is 17.9 Å². The minimum Gasteiger partial charge on any atom is -0.392 e. The average molecular weight is 300 g/mol. The van der Waals surface area contributed by atoms with Crippen molar-refractivity contribution in [3.05, 3.63) is 53.5 Å². The lowest BCUT2D eigenvalue weighted by Crippen LogP contribution is -2.08. The van der Waals surface area contributed by atoms with Gasteiger partial charge in [0.25, 0.3) is 0 Å². The van der Waals surface area contributed by atoms with E-state index in [2.05, 4.69) is 15.0 Å². The molecule has 3 rings (SSSR count). The molecule has 3 aromatic rings. The highest BCUT2D eigenvalue weighted by molar-refractivity contribution is 7.67. The van der Waals surface area contributed by atoms with Crippen molar-refractivity contribution in [3.8, 4) is 0 Å². The largest absolute Gasteiger partial charge is 0.392 e. The van der Waals surface area contributed by atoms with Gasteiger partial charge in [0, 0.05) is 0 Å². The zero-order valence-electron chi connectivity index (χ0n) is 10.9. The molecule has 106 valence electrons. The highest BCUT2D eigenvalue weighted by Crippen LogP contribution is 2.16. The molecule has 0 spiro atoms. The molecular weight excluding hydrogens is 288 g/mol. The fraction of sp³-hybridized carbons (Fsp3) is 0.0714. The van der Waals surface area contributed by atoms with Crippen LogP contribution in [0.2, 0.25) is 0 Å². The van der Waals surface area contributed by atoms with E-state index in [9.17, 15) is 4.21 Å². The quantitative estimate of drug-likeness (QED) is 0.490. The van der Waals surface area contributed by atoms with E-state index in [0.29, 0.717) is 39.0 Å². The van der Waals surface area contributed by atoms with Gasteiger partial charge in [0.1, 0.15) is 21.9 Å². The molecule has 0 saturated carbocycles. The second-order valence-corrected chi connectivity index (χ2v) is 5.03. The summed E-state index contributed by atoms with van der Waals surface area (Å²) < 4.78 is 11.4. The fourth-order valence-corrected chi connectivity index (χ4v) is 2.41. The Morgan fingerprint density at radius 3 is 2.86 bits per heavy atom. The van der Waals surface area contributed by atoms with Gasteiger partial charge in [0.05, 0.1) is 23.3 Å². The number of hydrogen-bond acceptors (Lipinski definition) is 5. The van der Waals surface area contributed by atoms with Gasteiger partial charge in [-0.15, -0.1) is 0 Å². The predicted octanol–water partition coefficient (Wildman–Crippen LogP) is 0.814. The third kappa shape index (κ3) is 2.56. The Morgan fingerprint density at radius 2 is 2.14 bits per heavy atom. The number of pyridine rings is 1. The molecule has 0 amide bonds. The number of fused-ring (bicyclic) bond motifs is 1. The van der Waals surface area contributed by atoms with Crippen LogP contribution in [0.5, 0.6) is 0 Å². The number of benzene rings is 1. The number of imidazole rings is 1. The van der Waals surface area contributed by atoms with Crippen LogP contribution >= 0.6 is 0 Å². The summed E-state index contributed by atoms with van der Waals surface area (Å²) >= 11 is 0.315. The number of aliphatic hydroxyl groups excluding tert-OH is 1. The van der Waals surface area contributed by atoms with Gasteiger partial charge >= 0.3 is 0 Å². The Morgan fingerprint density at radius 1 is 1.29 bits per heavy atom. The first kappa shape index (κ1) is 13.5. The molecule has 0 aliphatic carbocycles. The average Bonchev–Trinajstić information content (AvgIpc) is 2.90. The van der Waals surface area contributed by atoms with Crippen molar-refractivity contribution in [2.45, 2.75) is 6.61 Å². The van der Waals surface area contributed by atoms with Gasteiger partial charge in [0.2, 0.25) is 0 Å². The number of aromatic amines is 1. The van der Waals surface area contributed by atoms with E-state index < -0.39 is 0 Å². The third-order valence-electron chi connectivity index (χ3n) is 3.03. The van der Waals surface area contributed by atoms with E-state index in [1.54, 1.807) is 30.3 Å². The SMILES string of the molecule is Nc1cccc(C(=S=O)c2nc3cc(CO)ccc3[nH]2)n1. The minimum atomic E-state index is -0.0538. The molecule has 0 atom stereocenters. The van der Waals surface area contributed by atoms with E-state index in [1.165, 1.54) is 0 Å². The number of aromatic nitrogens is 3. The summed E-state index contributed by atoms with van der Waals surface area (Å²) in [5.74, 6) is 0.788. The van der Waals surface area contributed by atoms with E-state index in [-0.39, 0.29) is 6.61 Å². The maximum absolute atomic E-state index is 11.4. The van der Waals surface area contributed by atoms with Crippen LogP contribution in [-0.4, -0.2) is 29.1 Å². The monoisotopic (exact) mass is 300 g/mol. The van der Waals surface area contributed by atoms with E-state index in [1.807, 2.05) is 6.07 Å². The molecule has 0 saturated heterocycles. The van der Waals surface area contributed by atoms with Gasteiger partial charge in [-0.2, -0.15) is 0 Å². The molecule has 0 radical (unpaired) electrons. The van der Waals surface area contributed by atoms with Crippen molar-refractivity contribution < 1.29 is 9.32 Å². The van der Waals surface area contributed by atoms with E-state index in [4.69, 9.17) is 10.8 Å². The topological polar surface area (TPSA) is 105 Å². The second-order valence-electron chi connectivity index (χ2n) is 4.46. The molecule has 0 bridgehead atoms. The molecular formula is C14H12N4O2S. The van der Waals surface area contributed by atoms with E-state index >= 15 is 0 Å². The van der Waals surface area contributed by atoms with Crippen LogP contribution in [0.4, 0.5) is 5.82 Å². The summed E-state index contributed by atoms with van der Waals surface area (Å²) in [5, 5.41) is 9.15. The molecule has 0 unspecified atom stereocenters. The fourth-order valence-electron chi connectivity index (χ4n) is 2.04. The molecule has 2 aromatic heterocycles. The summed E-state index contributed by atoms with van der Waals surface area (Å²) in [6.45, 7) is -0.0538. The molecule has 21 heavy (non-hydrogen) atoms. The number of aliphatic hydroxyl groups is 1. The Hall–Kier alpha value is -2.51. The first-order valence-electron chi connectivity index (χ1n) is 6.21. The van der Waals surface area contributed by atoms with Crippen LogP contribution in [0.25, 0.3) is 11.0 Å². The highest BCUT2D eigenvalue weighted by atomic mass is 32.1. The first-order valence-corrected chi connectivity index (χ1v) is 6.95. The first-order chi connectivity index (χ1) is 10.2. The maximum atomic E-state index is 11.4. The maximum Gasteiger partial charge on any atom is 0.154 e. The van der Waals surface area contributed by atoms with Gasteiger partial charge in [-0.25, -0.2) is 14.2 Å². The predicted molar refractivity (Wildman–Crippen MR) is 82.0 cm³/mol. The lowest BCUT2D eigenvalue weighted by Gasteiger charge is -1.99. The summed E-state index contributed by atoms with van der Waals surface area (Å²) in [4.78, 5) is 12.0. The summed E-state index contributed by atoms with van der Waals surface area (Å²) in [6, 6.07) is 10.5. The van der Waals surface area contributed by atoms with Crippen molar-refractivity contribution >= 4 is 33.0 Å². The molecule has 7 heteroatoms. The Balaban J connectivity index is 2.12. The molecule has 2 heterocycles. The number of hydrogen-bond donors (Lipinski definition) is 3. The van der Waals surface area contributed by atoms with Crippen molar-refractivity contribution in [2.24, 2.45) is 0 Å². The van der Waals surface area contributed by atoms with Crippen molar-refractivity contribution in [1.29, 1.82) is 0 Å². The third-order valence-corrected chi connectivity index (χ3v) is 3.60. The molecule has 0 aliphatic rings. The van der Waals surface area contributed by atoms with Crippen molar-refractivity contribution in [2.75, 3.05) is 5.73 Å². The lowest BCUT2D eigenvalue weighted by atomic mass is 10.2. The normalized spacial score (nSPS) is 10.7. The summed E-state index contributed by atoms with van der Waals surface area (Å²) in [5.41, 5.74) is 8.37. The lowest BCUT2D eigenvalue weighted by molar-refractivity contribution is 0.282. The number of nitrogens with one attached hydrogen (secondary N) is 1. The molecule has 0 aliphatic heterocycles. The number of nitrogens with two attached hydrogens (primary N) is 1. The summed E-state index contributed by atoms with van der Waals surface area (Å²) in [7, 11) is 0.